The Kier molecular flexibility index (Phi) is 3.56. The van der Waals surface area contributed by atoms with Gasteiger partial charge in [0.25, 0.3) is 0 Å². The first kappa shape index (κ1) is 11.1. The number of carbonyl (C=O) groups excluding carboxylic acids is 1. The lowest BCUT2D eigenvalue weighted by Gasteiger charge is -2.18. The second-order valence-corrected chi connectivity index (χ2v) is 4.28. The van der Waals surface area contributed by atoms with Crippen LogP contribution >= 0.6 is 0 Å². The van der Waals surface area contributed by atoms with Crippen molar-refractivity contribution in [3.63, 3.8) is 0 Å². The van der Waals surface area contributed by atoms with E-state index in [1.165, 1.54) is 6.42 Å². The molecular weight excluding hydrogens is 204 g/mol. The summed E-state index contributed by atoms with van der Waals surface area (Å²) >= 11 is 0. The fourth-order valence-electron chi connectivity index (χ4n) is 1.99. The molecule has 0 aliphatic carbocycles. The number of aromatic nitrogens is 2. The Morgan fingerprint density at radius 1 is 1.69 bits per heavy atom. The fraction of sp³-hybridized carbons (Fsp3) is 0.636. The molecule has 0 aromatic carbocycles. The lowest BCUT2D eigenvalue weighted by molar-refractivity contribution is -0.131. The quantitative estimate of drug-likeness (QED) is 0.780. The second kappa shape index (κ2) is 5.12. The van der Waals surface area contributed by atoms with Crippen LogP contribution in [0, 0.1) is 0 Å². The summed E-state index contributed by atoms with van der Waals surface area (Å²) < 4.78 is 0. The minimum Gasteiger partial charge on any atom is -0.347 e. The topological polar surface area (TPSA) is 61.0 Å². The fourth-order valence-corrected chi connectivity index (χ4v) is 1.99. The molecule has 16 heavy (non-hydrogen) atoms. The monoisotopic (exact) mass is 222 g/mol. The van der Waals surface area contributed by atoms with E-state index in [1.54, 1.807) is 17.3 Å². The van der Waals surface area contributed by atoms with Crippen LogP contribution in [0.15, 0.2) is 12.4 Å². The lowest BCUT2D eigenvalue weighted by atomic mass is 10.1. The standard InChI is InChI=1S/C11H18N4O/c1-15(8-10-13-5-6-14-10)11(16)7-9-3-2-4-12-9/h5-6,9,12H,2-4,7-8H2,1H3,(H,13,14). The molecule has 0 radical (unpaired) electrons. The van der Waals surface area contributed by atoms with E-state index < -0.39 is 0 Å². The molecule has 88 valence electrons. The van der Waals surface area contributed by atoms with Gasteiger partial charge in [-0.2, -0.15) is 0 Å². The molecule has 5 heteroatoms. The van der Waals surface area contributed by atoms with E-state index in [0.717, 1.165) is 18.8 Å². The molecule has 2 heterocycles. The molecule has 1 fully saturated rings. The summed E-state index contributed by atoms with van der Waals surface area (Å²) in [6.45, 7) is 1.60. The van der Waals surface area contributed by atoms with Gasteiger partial charge in [0.05, 0.1) is 6.54 Å². The molecule has 1 atom stereocenters. The lowest BCUT2D eigenvalue weighted by Crippen LogP contribution is -2.33. The highest BCUT2D eigenvalue weighted by atomic mass is 16.2. The number of H-pyrrole nitrogens is 1. The molecule has 0 saturated carbocycles. The summed E-state index contributed by atoms with van der Waals surface area (Å²) in [6.07, 6.45) is 6.36. The van der Waals surface area contributed by atoms with Gasteiger partial charge in [0.2, 0.25) is 5.91 Å². The predicted octanol–water partition coefficient (Wildman–Crippen LogP) is 0.510. The van der Waals surface area contributed by atoms with Crippen LogP contribution in [-0.2, 0) is 11.3 Å². The Balaban J connectivity index is 1.79. The molecular formula is C11H18N4O. The van der Waals surface area contributed by atoms with Crippen LogP contribution in [0.3, 0.4) is 0 Å². The molecule has 1 aromatic heterocycles. The van der Waals surface area contributed by atoms with Gasteiger partial charge in [-0.3, -0.25) is 4.79 Å². The first-order chi connectivity index (χ1) is 7.75. The Bertz CT molecular complexity index is 330. The normalized spacial score (nSPS) is 19.9. The number of carbonyl (C=O) groups is 1. The second-order valence-electron chi connectivity index (χ2n) is 4.28. The maximum Gasteiger partial charge on any atom is 0.224 e. The van der Waals surface area contributed by atoms with Crippen molar-refractivity contribution in [1.29, 1.82) is 0 Å². The van der Waals surface area contributed by atoms with E-state index >= 15 is 0 Å². The molecule has 5 nitrogen and oxygen atoms in total. The van der Waals surface area contributed by atoms with Crippen molar-refractivity contribution in [2.24, 2.45) is 0 Å². The first-order valence-electron chi connectivity index (χ1n) is 5.71. The zero-order chi connectivity index (χ0) is 11.4. The summed E-state index contributed by atoms with van der Waals surface area (Å²) in [5, 5.41) is 3.33. The molecule has 0 bridgehead atoms. The predicted molar refractivity (Wildman–Crippen MR) is 60.7 cm³/mol. The van der Waals surface area contributed by atoms with Crippen molar-refractivity contribution in [3.05, 3.63) is 18.2 Å². The van der Waals surface area contributed by atoms with Gasteiger partial charge in [0.15, 0.2) is 0 Å². The number of nitrogens with zero attached hydrogens (tertiary/aromatic N) is 2. The van der Waals surface area contributed by atoms with Gasteiger partial charge < -0.3 is 15.2 Å². The van der Waals surface area contributed by atoms with Gasteiger partial charge in [0.1, 0.15) is 5.82 Å². The van der Waals surface area contributed by atoms with Gasteiger partial charge in [0, 0.05) is 31.9 Å². The number of rotatable bonds is 4. The van der Waals surface area contributed by atoms with Gasteiger partial charge >= 0.3 is 0 Å². The number of nitrogens with one attached hydrogen (secondary N) is 2. The number of aromatic amines is 1. The zero-order valence-electron chi connectivity index (χ0n) is 9.57. The summed E-state index contributed by atoms with van der Waals surface area (Å²) in [6, 6.07) is 0.367. The van der Waals surface area contributed by atoms with E-state index in [-0.39, 0.29) is 5.91 Å². The van der Waals surface area contributed by atoms with Crippen molar-refractivity contribution in [2.45, 2.75) is 31.8 Å². The van der Waals surface area contributed by atoms with Crippen LogP contribution in [0.2, 0.25) is 0 Å². The van der Waals surface area contributed by atoms with E-state index in [4.69, 9.17) is 0 Å². The number of amides is 1. The summed E-state index contributed by atoms with van der Waals surface area (Å²) in [5.74, 6) is 1.01. The molecule has 2 rings (SSSR count). The van der Waals surface area contributed by atoms with E-state index in [0.29, 0.717) is 19.0 Å². The largest absolute Gasteiger partial charge is 0.347 e. The molecule has 1 amide bonds. The highest BCUT2D eigenvalue weighted by molar-refractivity contribution is 5.76. The van der Waals surface area contributed by atoms with Gasteiger partial charge in [-0.25, -0.2) is 4.98 Å². The molecule has 1 unspecified atom stereocenters. The van der Waals surface area contributed by atoms with Crippen LogP contribution in [0.25, 0.3) is 0 Å². The minimum atomic E-state index is 0.177. The van der Waals surface area contributed by atoms with Gasteiger partial charge in [-0.15, -0.1) is 0 Å². The van der Waals surface area contributed by atoms with Crippen molar-refractivity contribution >= 4 is 5.91 Å². The zero-order valence-corrected chi connectivity index (χ0v) is 9.57. The molecule has 2 N–H and O–H groups in total. The molecule has 1 aliphatic rings. The Morgan fingerprint density at radius 2 is 2.56 bits per heavy atom. The maximum atomic E-state index is 11.9. The SMILES string of the molecule is CN(Cc1ncc[nH]1)C(=O)CC1CCCN1. The Hall–Kier alpha value is -1.36. The van der Waals surface area contributed by atoms with Crippen molar-refractivity contribution < 1.29 is 4.79 Å². The summed E-state index contributed by atoms with van der Waals surface area (Å²) in [5.41, 5.74) is 0. The van der Waals surface area contributed by atoms with Crippen LogP contribution < -0.4 is 5.32 Å². The van der Waals surface area contributed by atoms with E-state index in [2.05, 4.69) is 15.3 Å². The first-order valence-corrected chi connectivity index (χ1v) is 5.71. The van der Waals surface area contributed by atoms with Crippen LogP contribution in [0.4, 0.5) is 0 Å². The molecule has 1 saturated heterocycles. The summed E-state index contributed by atoms with van der Waals surface area (Å²) in [4.78, 5) is 20.7. The van der Waals surface area contributed by atoms with Crippen molar-refractivity contribution in [3.8, 4) is 0 Å². The number of hydrogen-bond acceptors (Lipinski definition) is 3. The average molecular weight is 222 g/mol. The average Bonchev–Trinajstić information content (AvgIpc) is 2.90. The van der Waals surface area contributed by atoms with Crippen LogP contribution in [0.5, 0.6) is 0 Å². The highest BCUT2D eigenvalue weighted by Gasteiger charge is 2.20. The third-order valence-electron chi connectivity index (χ3n) is 2.95. The smallest absolute Gasteiger partial charge is 0.224 e. The Morgan fingerprint density at radius 3 is 3.19 bits per heavy atom. The number of hydrogen-bond donors (Lipinski definition) is 2. The van der Waals surface area contributed by atoms with Crippen molar-refractivity contribution in [1.82, 2.24) is 20.2 Å². The van der Waals surface area contributed by atoms with Gasteiger partial charge in [-0.1, -0.05) is 0 Å². The minimum absolute atomic E-state index is 0.177. The van der Waals surface area contributed by atoms with E-state index in [9.17, 15) is 4.79 Å². The third kappa shape index (κ3) is 2.82. The van der Waals surface area contributed by atoms with Crippen LogP contribution in [0.1, 0.15) is 25.1 Å². The molecule has 1 aliphatic heterocycles. The highest BCUT2D eigenvalue weighted by Crippen LogP contribution is 2.10. The number of imidazole rings is 1. The van der Waals surface area contributed by atoms with Crippen molar-refractivity contribution in [2.75, 3.05) is 13.6 Å². The van der Waals surface area contributed by atoms with Gasteiger partial charge in [-0.05, 0) is 19.4 Å². The third-order valence-corrected chi connectivity index (χ3v) is 2.95. The molecule has 0 spiro atoms. The maximum absolute atomic E-state index is 11.9. The van der Waals surface area contributed by atoms with Crippen LogP contribution in [-0.4, -0.2) is 40.4 Å². The van der Waals surface area contributed by atoms with E-state index in [1.807, 2.05) is 7.05 Å². The molecule has 1 aromatic rings. The Labute approximate surface area is 95.2 Å². The summed E-state index contributed by atoms with van der Waals surface area (Å²) in [7, 11) is 1.82.